The Morgan fingerprint density at radius 2 is 1.90 bits per heavy atom. The van der Waals surface area contributed by atoms with Gasteiger partial charge in [0.25, 0.3) is 0 Å². The van der Waals surface area contributed by atoms with Crippen LogP contribution in [0.4, 0.5) is 17.6 Å². The third-order valence-corrected chi connectivity index (χ3v) is 3.50. The van der Waals surface area contributed by atoms with Gasteiger partial charge in [-0.1, -0.05) is 12.1 Å². The normalized spacial score (nSPS) is 14.3. The Balaban J connectivity index is 3.02. The minimum atomic E-state index is -4.73. The van der Waals surface area contributed by atoms with Crippen molar-refractivity contribution >= 4 is 0 Å². The van der Waals surface area contributed by atoms with Crippen molar-refractivity contribution in [2.75, 3.05) is 7.11 Å². The van der Waals surface area contributed by atoms with Gasteiger partial charge in [0, 0.05) is 18.7 Å². The second-order valence-electron chi connectivity index (χ2n) is 5.43. The molecule has 0 aliphatic rings. The molecule has 0 saturated carbocycles. The van der Waals surface area contributed by atoms with E-state index in [4.69, 9.17) is 10.6 Å². The molecule has 1 aromatic carbocycles. The Bertz CT molecular complexity index is 475. The number of benzene rings is 1. The highest BCUT2D eigenvalue weighted by molar-refractivity contribution is 5.30. The van der Waals surface area contributed by atoms with Crippen molar-refractivity contribution in [2.24, 2.45) is 5.84 Å². The number of hydrazine groups is 1. The summed E-state index contributed by atoms with van der Waals surface area (Å²) < 4.78 is 57.4. The van der Waals surface area contributed by atoms with Gasteiger partial charge in [0.05, 0.1) is 11.2 Å². The van der Waals surface area contributed by atoms with E-state index in [2.05, 4.69) is 5.43 Å². The Labute approximate surface area is 121 Å². The van der Waals surface area contributed by atoms with Crippen LogP contribution in [0.15, 0.2) is 18.2 Å². The lowest BCUT2D eigenvalue weighted by atomic mass is 9.94. The molecule has 0 aromatic heterocycles. The van der Waals surface area contributed by atoms with Gasteiger partial charge in [-0.3, -0.25) is 11.3 Å². The molecular formula is C14H20F4N2O. The Morgan fingerprint density at radius 1 is 1.29 bits per heavy atom. The lowest BCUT2D eigenvalue weighted by molar-refractivity contribution is -0.140. The maximum atomic E-state index is 14.1. The van der Waals surface area contributed by atoms with Crippen LogP contribution < -0.4 is 11.3 Å². The van der Waals surface area contributed by atoms with Gasteiger partial charge in [-0.2, -0.15) is 13.2 Å². The zero-order valence-corrected chi connectivity index (χ0v) is 12.2. The molecule has 1 rings (SSSR count). The molecule has 120 valence electrons. The first-order valence-electron chi connectivity index (χ1n) is 6.49. The van der Waals surface area contributed by atoms with Crippen molar-refractivity contribution in [3.05, 3.63) is 35.1 Å². The summed E-state index contributed by atoms with van der Waals surface area (Å²) in [6.45, 7) is 3.67. The van der Waals surface area contributed by atoms with Crippen LogP contribution in [0.1, 0.15) is 43.9 Å². The van der Waals surface area contributed by atoms with Gasteiger partial charge < -0.3 is 4.74 Å². The number of methoxy groups -OCH3 is 1. The number of nitrogens with one attached hydrogen (secondary N) is 1. The molecule has 7 heteroatoms. The fourth-order valence-corrected chi connectivity index (χ4v) is 1.96. The highest BCUT2D eigenvalue weighted by atomic mass is 19.4. The molecule has 3 N–H and O–H groups in total. The first kappa shape index (κ1) is 17.9. The van der Waals surface area contributed by atoms with Gasteiger partial charge >= 0.3 is 6.18 Å². The van der Waals surface area contributed by atoms with Crippen LogP contribution >= 0.6 is 0 Å². The summed E-state index contributed by atoms with van der Waals surface area (Å²) >= 11 is 0. The minimum absolute atomic E-state index is 0.0979. The van der Waals surface area contributed by atoms with Gasteiger partial charge in [-0.15, -0.1) is 0 Å². The standard InChI is InChI=1S/C14H20F4N2O/c1-13(2,21-3)8-7-11(20-19)9-5-4-6-10(12(9)15)14(16,17)18/h4-6,11,20H,7-8,19H2,1-3H3. The first-order valence-corrected chi connectivity index (χ1v) is 6.49. The van der Waals surface area contributed by atoms with Crippen LogP contribution in [0.3, 0.4) is 0 Å². The summed E-state index contributed by atoms with van der Waals surface area (Å²) in [5.41, 5.74) is 0.523. The van der Waals surface area contributed by atoms with Crippen LogP contribution in [-0.2, 0) is 10.9 Å². The van der Waals surface area contributed by atoms with Crippen molar-refractivity contribution in [1.82, 2.24) is 5.43 Å². The minimum Gasteiger partial charge on any atom is -0.379 e. The van der Waals surface area contributed by atoms with Crippen LogP contribution in [0.2, 0.25) is 0 Å². The number of rotatable bonds is 6. The molecule has 0 saturated heterocycles. The number of nitrogens with two attached hydrogens (primary N) is 1. The average molecular weight is 308 g/mol. The lowest BCUT2D eigenvalue weighted by Crippen LogP contribution is -2.32. The Hall–Kier alpha value is -1.18. The average Bonchev–Trinajstić information content (AvgIpc) is 2.39. The van der Waals surface area contributed by atoms with E-state index in [1.165, 1.54) is 19.2 Å². The molecule has 21 heavy (non-hydrogen) atoms. The molecule has 1 atom stereocenters. The number of ether oxygens (including phenoxy) is 1. The third kappa shape index (κ3) is 4.66. The molecule has 0 radical (unpaired) electrons. The van der Waals surface area contributed by atoms with E-state index < -0.39 is 29.2 Å². The Morgan fingerprint density at radius 3 is 2.38 bits per heavy atom. The van der Waals surface area contributed by atoms with E-state index in [0.717, 1.165) is 0 Å². The van der Waals surface area contributed by atoms with Gasteiger partial charge in [0.2, 0.25) is 0 Å². The SMILES string of the molecule is COC(C)(C)CCC(NN)c1cccc(C(F)(F)F)c1F. The van der Waals surface area contributed by atoms with Gasteiger partial charge in [-0.25, -0.2) is 4.39 Å². The van der Waals surface area contributed by atoms with Crippen molar-refractivity contribution in [2.45, 2.75) is 44.5 Å². The second kappa shape index (κ2) is 6.72. The number of hydrogen-bond acceptors (Lipinski definition) is 3. The zero-order chi connectivity index (χ0) is 16.3. The maximum Gasteiger partial charge on any atom is 0.419 e. The fraction of sp³-hybridized carbons (Fsp3) is 0.571. The highest BCUT2D eigenvalue weighted by Crippen LogP contribution is 2.35. The van der Waals surface area contributed by atoms with E-state index in [1.807, 2.05) is 13.8 Å². The number of halogens is 4. The summed E-state index contributed by atoms with van der Waals surface area (Å²) in [5, 5.41) is 0. The van der Waals surface area contributed by atoms with Crippen molar-refractivity contribution < 1.29 is 22.3 Å². The van der Waals surface area contributed by atoms with E-state index in [9.17, 15) is 17.6 Å². The molecule has 0 aliphatic carbocycles. The van der Waals surface area contributed by atoms with Crippen LogP contribution in [0, 0.1) is 5.82 Å². The monoisotopic (exact) mass is 308 g/mol. The van der Waals surface area contributed by atoms with Crippen LogP contribution in [-0.4, -0.2) is 12.7 Å². The molecule has 0 bridgehead atoms. The number of hydrogen-bond donors (Lipinski definition) is 2. The molecular weight excluding hydrogens is 288 g/mol. The van der Waals surface area contributed by atoms with Crippen LogP contribution in [0.5, 0.6) is 0 Å². The molecule has 0 amide bonds. The fourth-order valence-electron chi connectivity index (χ4n) is 1.96. The van der Waals surface area contributed by atoms with Crippen LogP contribution in [0.25, 0.3) is 0 Å². The highest BCUT2D eigenvalue weighted by Gasteiger charge is 2.35. The molecule has 3 nitrogen and oxygen atoms in total. The summed E-state index contributed by atoms with van der Waals surface area (Å²) in [6.07, 6.45) is -3.88. The third-order valence-electron chi connectivity index (χ3n) is 3.50. The maximum absolute atomic E-state index is 14.1. The van der Waals surface area contributed by atoms with E-state index >= 15 is 0 Å². The predicted molar refractivity (Wildman–Crippen MR) is 71.8 cm³/mol. The zero-order valence-electron chi connectivity index (χ0n) is 12.2. The summed E-state index contributed by atoms with van der Waals surface area (Å²) in [4.78, 5) is 0. The van der Waals surface area contributed by atoms with Crippen molar-refractivity contribution in [1.29, 1.82) is 0 Å². The summed E-state index contributed by atoms with van der Waals surface area (Å²) in [5.74, 6) is 4.08. The molecule has 0 heterocycles. The second-order valence-corrected chi connectivity index (χ2v) is 5.43. The Kier molecular flexibility index (Phi) is 5.72. The van der Waals surface area contributed by atoms with Crippen molar-refractivity contribution in [3.8, 4) is 0 Å². The molecule has 1 aromatic rings. The smallest absolute Gasteiger partial charge is 0.379 e. The molecule has 1 unspecified atom stereocenters. The van der Waals surface area contributed by atoms with Gasteiger partial charge in [-0.05, 0) is 32.8 Å². The van der Waals surface area contributed by atoms with Crippen molar-refractivity contribution in [3.63, 3.8) is 0 Å². The summed E-state index contributed by atoms with van der Waals surface area (Å²) in [6, 6.07) is 2.47. The largest absolute Gasteiger partial charge is 0.419 e. The first-order chi connectivity index (χ1) is 9.62. The molecule has 0 aliphatic heterocycles. The lowest BCUT2D eigenvalue weighted by Gasteiger charge is -2.26. The van der Waals surface area contributed by atoms with E-state index in [0.29, 0.717) is 18.9 Å². The quantitative estimate of drug-likeness (QED) is 0.480. The number of alkyl halides is 3. The van der Waals surface area contributed by atoms with Gasteiger partial charge in [0.1, 0.15) is 5.82 Å². The predicted octanol–water partition coefficient (Wildman–Crippen LogP) is 3.55. The summed E-state index contributed by atoms with van der Waals surface area (Å²) in [7, 11) is 1.54. The van der Waals surface area contributed by atoms with Gasteiger partial charge in [0.15, 0.2) is 0 Å². The van der Waals surface area contributed by atoms with E-state index in [1.54, 1.807) is 0 Å². The molecule has 0 fully saturated rings. The molecule has 0 spiro atoms. The van der Waals surface area contributed by atoms with E-state index in [-0.39, 0.29) is 5.56 Å². The topological polar surface area (TPSA) is 47.3 Å².